The summed E-state index contributed by atoms with van der Waals surface area (Å²) in [4.78, 5) is 37.6. The molecule has 6 nitrogen and oxygen atoms in total. The number of hydrogen-bond donors (Lipinski definition) is 0. The summed E-state index contributed by atoms with van der Waals surface area (Å²) in [5.74, 6) is 0.455. The molecule has 0 spiro atoms. The van der Waals surface area contributed by atoms with Crippen molar-refractivity contribution in [1.82, 2.24) is 14.5 Å². The normalized spacial score (nSPS) is 13.8. The van der Waals surface area contributed by atoms with Gasteiger partial charge in [-0.2, -0.15) is 0 Å². The molecular formula is C27H21FN4O2S2. The number of thioether (sulfide) groups is 1. The summed E-state index contributed by atoms with van der Waals surface area (Å²) < 4.78 is 15.7. The molecule has 36 heavy (non-hydrogen) atoms. The largest absolute Gasteiger partial charge is 0.312 e. The van der Waals surface area contributed by atoms with Gasteiger partial charge < -0.3 is 4.90 Å². The summed E-state index contributed by atoms with van der Waals surface area (Å²) in [6, 6.07) is 17.9. The zero-order valence-electron chi connectivity index (χ0n) is 19.2. The van der Waals surface area contributed by atoms with Crippen LogP contribution in [0.2, 0.25) is 0 Å². The Labute approximate surface area is 214 Å². The fourth-order valence-electron chi connectivity index (χ4n) is 4.40. The number of rotatable bonds is 6. The average molecular weight is 517 g/mol. The number of halogens is 1. The van der Waals surface area contributed by atoms with Crippen molar-refractivity contribution in [2.24, 2.45) is 0 Å². The first-order chi connectivity index (χ1) is 17.6. The first kappa shape index (κ1) is 22.9. The standard InChI is InChI=1S/C27H21FN4O2S2/c28-19-9-5-17(6-10-19)15-32-26(34)24-23(21-3-1-13-29-25(21)36-24)30-27(32)35-16-18-7-11-20(12-8-18)31-14-2-4-22(31)33/h1,3,5-13H,2,4,14-16H2. The molecule has 2 aromatic carbocycles. The van der Waals surface area contributed by atoms with Gasteiger partial charge in [0.25, 0.3) is 5.56 Å². The highest BCUT2D eigenvalue weighted by Crippen LogP contribution is 2.32. The molecule has 1 aliphatic heterocycles. The number of aromatic nitrogens is 3. The van der Waals surface area contributed by atoms with Crippen LogP contribution in [0.15, 0.2) is 76.8 Å². The molecule has 0 saturated carbocycles. The minimum Gasteiger partial charge on any atom is -0.312 e. The van der Waals surface area contributed by atoms with Crippen molar-refractivity contribution in [2.75, 3.05) is 11.4 Å². The molecule has 0 unspecified atom stereocenters. The lowest BCUT2D eigenvalue weighted by Crippen LogP contribution is -2.23. The molecule has 0 radical (unpaired) electrons. The topological polar surface area (TPSA) is 68.1 Å². The van der Waals surface area contributed by atoms with Gasteiger partial charge in [-0.3, -0.25) is 14.2 Å². The SMILES string of the molecule is O=C1CCCN1c1ccc(CSc2nc3c(sc4ncccc43)c(=O)n2Cc2ccc(F)cc2)cc1. The number of thiophene rings is 1. The first-order valence-corrected chi connectivity index (χ1v) is 13.4. The molecule has 1 amide bonds. The maximum absolute atomic E-state index is 13.6. The maximum atomic E-state index is 13.6. The van der Waals surface area contributed by atoms with Crippen LogP contribution in [0.3, 0.4) is 0 Å². The summed E-state index contributed by atoms with van der Waals surface area (Å²) >= 11 is 2.83. The molecule has 0 atom stereocenters. The highest BCUT2D eigenvalue weighted by Gasteiger charge is 2.21. The van der Waals surface area contributed by atoms with Crippen LogP contribution < -0.4 is 10.5 Å². The first-order valence-electron chi connectivity index (χ1n) is 11.6. The molecule has 1 aliphatic rings. The Bertz CT molecular complexity index is 1650. The molecule has 9 heteroatoms. The second-order valence-electron chi connectivity index (χ2n) is 8.65. The van der Waals surface area contributed by atoms with Crippen molar-refractivity contribution in [1.29, 1.82) is 0 Å². The monoisotopic (exact) mass is 516 g/mol. The Morgan fingerprint density at radius 3 is 2.53 bits per heavy atom. The molecule has 3 aromatic heterocycles. The number of fused-ring (bicyclic) bond motifs is 3. The molecule has 180 valence electrons. The third-order valence-electron chi connectivity index (χ3n) is 6.26. The van der Waals surface area contributed by atoms with Gasteiger partial charge in [-0.1, -0.05) is 36.0 Å². The van der Waals surface area contributed by atoms with Gasteiger partial charge in [0.2, 0.25) is 5.91 Å². The van der Waals surface area contributed by atoms with Crippen LogP contribution in [-0.4, -0.2) is 27.0 Å². The molecule has 6 rings (SSSR count). The quantitative estimate of drug-likeness (QED) is 0.217. The van der Waals surface area contributed by atoms with Gasteiger partial charge in [-0.25, -0.2) is 14.4 Å². The Morgan fingerprint density at radius 1 is 1.00 bits per heavy atom. The van der Waals surface area contributed by atoms with Crippen molar-refractivity contribution in [3.63, 3.8) is 0 Å². The highest BCUT2D eigenvalue weighted by atomic mass is 32.2. The van der Waals surface area contributed by atoms with E-state index < -0.39 is 0 Å². The lowest BCUT2D eigenvalue weighted by Gasteiger charge is -2.16. The van der Waals surface area contributed by atoms with Crippen molar-refractivity contribution in [3.05, 3.63) is 94.2 Å². The Balaban J connectivity index is 1.35. The van der Waals surface area contributed by atoms with Crippen molar-refractivity contribution < 1.29 is 9.18 Å². The lowest BCUT2D eigenvalue weighted by molar-refractivity contribution is -0.117. The maximum Gasteiger partial charge on any atom is 0.272 e. The van der Waals surface area contributed by atoms with Crippen molar-refractivity contribution in [2.45, 2.75) is 30.3 Å². The number of pyridine rings is 1. The predicted molar refractivity (Wildman–Crippen MR) is 142 cm³/mol. The third kappa shape index (κ3) is 4.29. The van der Waals surface area contributed by atoms with E-state index in [1.807, 2.05) is 41.3 Å². The van der Waals surface area contributed by atoms with E-state index in [1.54, 1.807) is 22.9 Å². The van der Waals surface area contributed by atoms with E-state index in [0.29, 0.717) is 34.1 Å². The number of carbonyl (C=O) groups excluding carboxylic acids is 1. The molecule has 5 aromatic rings. The number of nitrogens with zero attached hydrogens (tertiary/aromatic N) is 4. The average Bonchev–Trinajstić information content (AvgIpc) is 3.50. The third-order valence-corrected chi connectivity index (χ3v) is 8.40. The number of hydrogen-bond acceptors (Lipinski definition) is 6. The van der Waals surface area contributed by atoms with Crippen molar-refractivity contribution >= 4 is 55.1 Å². The van der Waals surface area contributed by atoms with E-state index in [1.165, 1.54) is 35.2 Å². The van der Waals surface area contributed by atoms with Crippen LogP contribution in [0.25, 0.3) is 20.4 Å². The van der Waals surface area contributed by atoms with E-state index in [9.17, 15) is 14.0 Å². The smallest absolute Gasteiger partial charge is 0.272 e. The molecular weight excluding hydrogens is 495 g/mol. The minimum atomic E-state index is -0.316. The number of carbonyl (C=O) groups is 1. The second-order valence-corrected chi connectivity index (χ2v) is 10.6. The van der Waals surface area contributed by atoms with Gasteiger partial charge in [0.1, 0.15) is 15.3 Å². The molecule has 1 saturated heterocycles. The van der Waals surface area contributed by atoms with Crippen LogP contribution >= 0.6 is 23.1 Å². The summed E-state index contributed by atoms with van der Waals surface area (Å²) in [6.07, 6.45) is 3.21. The second kappa shape index (κ2) is 9.48. The summed E-state index contributed by atoms with van der Waals surface area (Å²) in [7, 11) is 0. The number of benzene rings is 2. The summed E-state index contributed by atoms with van der Waals surface area (Å²) in [5.41, 5.74) is 3.33. The highest BCUT2D eigenvalue weighted by molar-refractivity contribution is 7.98. The van der Waals surface area contributed by atoms with Crippen LogP contribution in [0.5, 0.6) is 0 Å². The molecule has 0 N–H and O–H groups in total. The van der Waals surface area contributed by atoms with Gasteiger partial charge in [-0.15, -0.1) is 11.3 Å². The predicted octanol–water partition coefficient (Wildman–Crippen LogP) is 5.61. The lowest BCUT2D eigenvalue weighted by atomic mass is 10.2. The van der Waals surface area contributed by atoms with Crippen LogP contribution in [0.1, 0.15) is 24.0 Å². The molecule has 0 bridgehead atoms. The summed E-state index contributed by atoms with van der Waals surface area (Å²) in [5, 5.41) is 1.46. The Hall–Kier alpha value is -3.56. The van der Waals surface area contributed by atoms with Crippen LogP contribution in [0, 0.1) is 5.82 Å². The summed E-state index contributed by atoms with van der Waals surface area (Å²) in [6.45, 7) is 1.05. The van der Waals surface area contributed by atoms with Gasteiger partial charge >= 0.3 is 0 Å². The van der Waals surface area contributed by atoms with Gasteiger partial charge in [0.15, 0.2) is 5.16 Å². The van der Waals surface area contributed by atoms with Crippen molar-refractivity contribution in [3.8, 4) is 0 Å². The van der Waals surface area contributed by atoms with Gasteiger partial charge in [0.05, 0.1) is 12.1 Å². The van der Waals surface area contributed by atoms with E-state index >= 15 is 0 Å². The number of anilines is 1. The van der Waals surface area contributed by atoms with Crippen LogP contribution in [0.4, 0.5) is 10.1 Å². The van der Waals surface area contributed by atoms with E-state index in [4.69, 9.17) is 4.98 Å². The minimum absolute atomic E-state index is 0.127. The molecule has 1 fully saturated rings. The Kier molecular flexibility index (Phi) is 6.02. The zero-order valence-corrected chi connectivity index (χ0v) is 20.8. The van der Waals surface area contributed by atoms with Gasteiger partial charge in [0, 0.05) is 36.0 Å². The Morgan fingerprint density at radius 2 is 1.78 bits per heavy atom. The fraction of sp³-hybridized carbons (Fsp3) is 0.185. The molecule has 0 aliphatic carbocycles. The van der Waals surface area contributed by atoms with Crippen LogP contribution in [-0.2, 0) is 17.1 Å². The van der Waals surface area contributed by atoms with Gasteiger partial charge in [-0.05, 0) is 53.9 Å². The van der Waals surface area contributed by atoms with E-state index in [0.717, 1.165) is 40.0 Å². The zero-order chi connectivity index (χ0) is 24.6. The molecule has 4 heterocycles. The fourth-order valence-corrected chi connectivity index (χ4v) is 6.38. The number of amides is 1. The van der Waals surface area contributed by atoms with E-state index in [2.05, 4.69) is 4.98 Å². The van der Waals surface area contributed by atoms with E-state index in [-0.39, 0.29) is 17.3 Å².